The van der Waals surface area contributed by atoms with Crippen molar-refractivity contribution in [1.82, 2.24) is 10.0 Å². The van der Waals surface area contributed by atoms with Gasteiger partial charge in [-0.15, -0.1) is 0 Å². The predicted octanol–water partition coefficient (Wildman–Crippen LogP) is 1.41. The molecule has 1 amide bonds. The number of sulfonamides is 1. The maximum atomic E-state index is 12.2. The van der Waals surface area contributed by atoms with Crippen LogP contribution in [0.1, 0.15) is 19.3 Å². The van der Waals surface area contributed by atoms with Crippen molar-refractivity contribution in [3.8, 4) is 0 Å². The highest BCUT2D eigenvalue weighted by Crippen LogP contribution is 2.28. The van der Waals surface area contributed by atoms with Gasteiger partial charge in [0.15, 0.2) is 0 Å². The second-order valence-corrected chi connectivity index (χ2v) is 9.21. The lowest BCUT2D eigenvalue weighted by Gasteiger charge is -2.22. The van der Waals surface area contributed by atoms with Crippen LogP contribution in [-0.4, -0.2) is 45.0 Å². The molecular formula is C16H23N3O3S2. The van der Waals surface area contributed by atoms with Crippen LogP contribution < -0.4 is 15.4 Å². The van der Waals surface area contributed by atoms with Crippen molar-refractivity contribution in [3.05, 3.63) is 24.3 Å². The molecule has 1 unspecified atom stereocenters. The normalized spacial score (nSPS) is 21.4. The number of amides is 1. The average Bonchev–Trinajstić information content (AvgIpc) is 3.39. The van der Waals surface area contributed by atoms with Gasteiger partial charge in [-0.2, -0.15) is 11.8 Å². The standard InChI is InChI=1S/C16H23N3O3S2/c20-16(9-14-11-23-8-7-17-14)19-13-3-5-15(6-4-13)24(21,22)18-10-12-1-2-12/h3-6,12,14,17-18H,1-2,7-11H2,(H,19,20). The molecule has 2 fully saturated rings. The smallest absolute Gasteiger partial charge is 0.240 e. The summed E-state index contributed by atoms with van der Waals surface area (Å²) in [5.41, 5.74) is 0.615. The molecule has 1 heterocycles. The van der Waals surface area contributed by atoms with E-state index in [9.17, 15) is 13.2 Å². The van der Waals surface area contributed by atoms with E-state index < -0.39 is 10.0 Å². The second-order valence-electron chi connectivity index (χ2n) is 6.30. The Balaban J connectivity index is 1.52. The summed E-state index contributed by atoms with van der Waals surface area (Å²) in [6, 6.07) is 6.52. The first-order valence-electron chi connectivity index (χ1n) is 8.24. The third-order valence-corrected chi connectivity index (χ3v) is 6.71. The maximum absolute atomic E-state index is 12.2. The van der Waals surface area contributed by atoms with Gasteiger partial charge in [-0.1, -0.05) is 0 Å². The van der Waals surface area contributed by atoms with E-state index in [-0.39, 0.29) is 16.8 Å². The molecule has 8 heteroatoms. The molecule has 1 saturated heterocycles. The molecule has 6 nitrogen and oxygen atoms in total. The van der Waals surface area contributed by atoms with E-state index in [1.807, 2.05) is 11.8 Å². The van der Waals surface area contributed by atoms with Crippen LogP contribution in [0, 0.1) is 5.92 Å². The van der Waals surface area contributed by atoms with E-state index in [0.29, 0.717) is 24.6 Å². The van der Waals surface area contributed by atoms with Crippen molar-refractivity contribution >= 4 is 33.4 Å². The summed E-state index contributed by atoms with van der Waals surface area (Å²) in [7, 11) is -3.46. The van der Waals surface area contributed by atoms with Crippen LogP contribution in [0.2, 0.25) is 0 Å². The fourth-order valence-electron chi connectivity index (χ4n) is 2.54. The van der Waals surface area contributed by atoms with Crippen molar-refractivity contribution < 1.29 is 13.2 Å². The molecular weight excluding hydrogens is 346 g/mol. The molecule has 24 heavy (non-hydrogen) atoms. The van der Waals surface area contributed by atoms with Crippen molar-refractivity contribution in [2.75, 3.05) is 29.9 Å². The number of anilines is 1. The third kappa shape index (κ3) is 5.20. The highest BCUT2D eigenvalue weighted by Gasteiger charge is 2.24. The number of benzene rings is 1. The van der Waals surface area contributed by atoms with E-state index >= 15 is 0 Å². The number of nitrogens with one attached hydrogen (secondary N) is 3. The van der Waals surface area contributed by atoms with E-state index in [2.05, 4.69) is 15.4 Å². The lowest BCUT2D eigenvalue weighted by Crippen LogP contribution is -2.39. The maximum Gasteiger partial charge on any atom is 0.240 e. The first-order valence-corrected chi connectivity index (χ1v) is 10.9. The van der Waals surface area contributed by atoms with Crippen LogP contribution >= 0.6 is 11.8 Å². The molecule has 1 aliphatic heterocycles. The second kappa shape index (κ2) is 7.86. The minimum atomic E-state index is -3.46. The molecule has 0 aromatic heterocycles. The molecule has 1 atom stereocenters. The largest absolute Gasteiger partial charge is 0.326 e. The zero-order valence-corrected chi connectivity index (χ0v) is 15.1. The quantitative estimate of drug-likeness (QED) is 0.676. The summed E-state index contributed by atoms with van der Waals surface area (Å²) in [5, 5.41) is 6.15. The summed E-state index contributed by atoms with van der Waals surface area (Å²) < 4.78 is 26.9. The number of thioether (sulfide) groups is 1. The summed E-state index contributed by atoms with van der Waals surface area (Å²) in [6.07, 6.45) is 2.62. The molecule has 2 aliphatic rings. The summed E-state index contributed by atoms with van der Waals surface area (Å²) >= 11 is 1.85. The van der Waals surface area contributed by atoms with Crippen LogP contribution in [0.25, 0.3) is 0 Å². The van der Waals surface area contributed by atoms with Gasteiger partial charge in [-0.25, -0.2) is 13.1 Å². The van der Waals surface area contributed by atoms with E-state index in [4.69, 9.17) is 0 Å². The van der Waals surface area contributed by atoms with Crippen molar-refractivity contribution in [2.24, 2.45) is 5.92 Å². The minimum Gasteiger partial charge on any atom is -0.326 e. The van der Waals surface area contributed by atoms with Crippen molar-refractivity contribution in [1.29, 1.82) is 0 Å². The lowest BCUT2D eigenvalue weighted by atomic mass is 10.2. The Labute approximate surface area is 147 Å². The molecule has 1 saturated carbocycles. The van der Waals surface area contributed by atoms with Crippen LogP contribution in [-0.2, 0) is 14.8 Å². The predicted molar refractivity (Wildman–Crippen MR) is 96.7 cm³/mol. The fraction of sp³-hybridized carbons (Fsp3) is 0.562. The van der Waals surface area contributed by atoms with E-state index in [1.165, 1.54) is 12.1 Å². The SMILES string of the molecule is O=C(CC1CSCCN1)Nc1ccc(S(=O)(=O)NCC2CC2)cc1. The van der Waals surface area contributed by atoms with Gasteiger partial charge in [-0.05, 0) is 43.0 Å². The number of rotatable bonds is 7. The number of hydrogen-bond acceptors (Lipinski definition) is 5. The highest BCUT2D eigenvalue weighted by molar-refractivity contribution is 7.99. The van der Waals surface area contributed by atoms with Gasteiger partial charge in [0.05, 0.1) is 4.90 Å². The summed E-state index contributed by atoms with van der Waals surface area (Å²) in [6.45, 7) is 1.44. The fourth-order valence-corrected chi connectivity index (χ4v) is 4.60. The van der Waals surface area contributed by atoms with Gasteiger partial charge in [0.1, 0.15) is 0 Å². The molecule has 1 aromatic carbocycles. The summed E-state index contributed by atoms with van der Waals surface area (Å²) in [5.74, 6) is 2.46. The van der Waals surface area contributed by atoms with Crippen LogP contribution in [0.5, 0.6) is 0 Å². The van der Waals surface area contributed by atoms with E-state index in [1.54, 1.807) is 12.1 Å². The van der Waals surface area contributed by atoms with Gasteiger partial charge in [0.25, 0.3) is 0 Å². The molecule has 0 spiro atoms. The number of hydrogen-bond donors (Lipinski definition) is 3. The Morgan fingerprint density at radius 3 is 2.62 bits per heavy atom. The Bertz CT molecular complexity index is 666. The zero-order chi connectivity index (χ0) is 17.0. The molecule has 1 aliphatic carbocycles. The van der Waals surface area contributed by atoms with E-state index in [0.717, 1.165) is 30.9 Å². The van der Waals surface area contributed by atoms with Gasteiger partial charge >= 0.3 is 0 Å². The molecule has 0 radical (unpaired) electrons. The monoisotopic (exact) mass is 369 g/mol. The Kier molecular flexibility index (Phi) is 5.80. The van der Waals surface area contributed by atoms with Crippen molar-refractivity contribution in [3.63, 3.8) is 0 Å². The number of carbonyl (C=O) groups is 1. The Hall–Kier alpha value is -1.09. The molecule has 0 bridgehead atoms. The molecule has 3 N–H and O–H groups in total. The minimum absolute atomic E-state index is 0.0579. The molecule has 1 aromatic rings. The van der Waals surface area contributed by atoms with Crippen molar-refractivity contribution in [2.45, 2.75) is 30.2 Å². The molecule has 132 valence electrons. The summed E-state index contributed by atoms with van der Waals surface area (Å²) in [4.78, 5) is 12.3. The Morgan fingerprint density at radius 1 is 1.25 bits per heavy atom. The highest BCUT2D eigenvalue weighted by atomic mass is 32.2. The first-order chi connectivity index (χ1) is 11.5. The molecule has 3 rings (SSSR count). The van der Waals surface area contributed by atoms with Gasteiger partial charge < -0.3 is 10.6 Å². The topological polar surface area (TPSA) is 87.3 Å². The first kappa shape index (κ1) is 17.7. The zero-order valence-electron chi connectivity index (χ0n) is 13.5. The number of carbonyl (C=O) groups excluding carboxylic acids is 1. The van der Waals surface area contributed by atoms with Crippen LogP contribution in [0.15, 0.2) is 29.2 Å². The Morgan fingerprint density at radius 2 is 2.00 bits per heavy atom. The lowest BCUT2D eigenvalue weighted by molar-refractivity contribution is -0.116. The van der Waals surface area contributed by atoms with Crippen LogP contribution in [0.4, 0.5) is 5.69 Å². The van der Waals surface area contributed by atoms with Crippen LogP contribution in [0.3, 0.4) is 0 Å². The average molecular weight is 370 g/mol. The van der Waals surface area contributed by atoms with Gasteiger partial charge in [0.2, 0.25) is 15.9 Å². The van der Waals surface area contributed by atoms with Gasteiger partial charge in [-0.3, -0.25) is 4.79 Å². The third-order valence-electron chi connectivity index (χ3n) is 4.14. The van der Waals surface area contributed by atoms with Gasteiger partial charge in [0, 0.05) is 42.7 Å².